The van der Waals surface area contributed by atoms with Crippen molar-refractivity contribution >= 4 is 0 Å². The second-order valence-electron chi connectivity index (χ2n) is 2.64. The maximum absolute atomic E-state index is 8.60. The summed E-state index contributed by atoms with van der Waals surface area (Å²) in [5.74, 6) is 0. The molecule has 0 spiro atoms. The zero-order valence-electron chi connectivity index (χ0n) is 7.57. The number of hydrogen-bond acceptors (Lipinski definition) is 3. The summed E-state index contributed by atoms with van der Waals surface area (Å²) in [5, 5.41) is 19.8. The number of hydrogen-bond donors (Lipinski definition) is 1. The third kappa shape index (κ3) is 3.00. The molecule has 3 nitrogen and oxygen atoms in total. The van der Waals surface area contributed by atoms with Gasteiger partial charge >= 0.3 is 0 Å². The molecule has 1 rings (SSSR count). The van der Waals surface area contributed by atoms with Gasteiger partial charge in [0.15, 0.2) is 0 Å². The first kappa shape index (κ1) is 9.83. The van der Waals surface area contributed by atoms with E-state index in [1.807, 2.05) is 42.5 Å². The second kappa shape index (κ2) is 5.40. The van der Waals surface area contributed by atoms with Gasteiger partial charge in [-0.25, -0.2) is 0 Å². The van der Waals surface area contributed by atoms with Crippen LogP contribution in [0, 0.1) is 22.7 Å². The fourth-order valence-electron chi connectivity index (χ4n) is 0.981. The van der Waals surface area contributed by atoms with E-state index in [2.05, 4.69) is 5.32 Å². The Bertz CT molecular complexity index is 393. The lowest BCUT2D eigenvalue weighted by Crippen LogP contribution is -2.11. The van der Waals surface area contributed by atoms with E-state index in [0.717, 1.165) is 5.56 Å². The number of nitrogens with zero attached hydrogens (tertiary/aromatic N) is 2. The van der Waals surface area contributed by atoms with Gasteiger partial charge in [-0.1, -0.05) is 30.3 Å². The summed E-state index contributed by atoms with van der Waals surface area (Å²) in [5.41, 5.74) is 1.36. The van der Waals surface area contributed by atoms with Gasteiger partial charge in [-0.15, -0.1) is 0 Å². The van der Waals surface area contributed by atoms with Gasteiger partial charge in [0, 0.05) is 12.6 Å². The SMILES string of the molecule is N#C/C=C(\C#N)NCc1ccccc1. The molecule has 0 saturated heterocycles. The normalized spacial score (nSPS) is 10.0. The zero-order chi connectivity index (χ0) is 10.2. The molecule has 0 amide bonds. The van der Waals surface area contributed by atoms with E-state index in [1.54, 1.807) is 0 Å². The van der Waals surface area contributed by atoms with Gasteiger partial charge in [-0.3, -0.25) is 0 Å². The zero-order valence-corrected chi connectivity index (χ0v) is 7.57. The minimum Gasteiger partial charge on any atom is -0.372 e. The van der Waals surface area contributed by atoms with Crippen LogP contribution >= 0.6 is 0 Å². The number of benzene rings is 1. The largest absolute Gasteiger partial charge is 0.372 e. The summed E-state index contributed by atoms with van der Waals surface area (Å²) in [6, 6.07) is 13.4. The van der Waals surface area contributed by atoms with E-state index in [0.29, 0.717) is 6.54 Å². The minimum absolute atomic E-state index is 0.288. The average molecular weight is 183 g/mol. The lowest BCUT2D eigenvalue weighted by molar-refractivity contribution is 0.837. The van der Waals surface area contributed by atoms with Crippen LogP contribution in [0.5, 0.6) is 0 Å². The molecule has 1 N–H and O–H groups in total. The predicted molar refractivity (Wildman–Crippen MR) is 52.6 cm³/mol. The van der Waals surface area contributed by atoms with Crippen LogP contribution in [0.4, 0.5) is 0 Å². The first-order valence-electron chi connectivity index (χ1n) is 4.14. The maximum atomic E-state index is 8.60. The molecule has 0 saturated carbocycles. The summed E-state index contributed by atoms with van der Waals surface area (Å²) < 4.78 is 0. The molecule has 68 valence electrons. The first-order chi connectivity index (χ1) is 6.86. The molecule has 0 atom stereocenters. The molecule has 0 aliphatic heterocycles. The molecule has 3 heteroatoms. The third-order valence-electron chi connectivity index (χ3n) is 1.66. The summed E-state index contributed by atoms with van der Waals surface area (Å²) in [4.78, 5) is 0. The van der Waals surface area contributed by atoms with Crippen molar-refractivity contribution < 1.29 is 0 Å². The average Bonchev–Trinajstić information content (AvgIpc) is 2.25. The van der Waals surface area contributed by atoms with Crippen LogP contribution in [0.1, 0.15) is 5.56 Å². The van der Waals surface area contributed by atoms with Gasteiger partial charge in [-0.05, 0) is 5.56 Å². The Hall–Kier alpha value is -2.26. The van der Waals surface area contributed by atoms with Crippen molar-refractivity contribution in [3.63, 3.8) is 0 Å². The highest BCUT2D eigenvalue weighted by atomic mass is 14.9. The number of nitrogens with one attached hydrogen (secondary N) is 1. The van der Waals surface area contributed by atoms with Crippen LogP contribution in [0.2, 0.25) is 0 Å². The lowest BCUT2D eigenvalue weighted by Gasteiger charge is -2.02. The van der Waals surface area contributed by atoms with Crippen molar-refractivity contribution in [2.75, 3.05) is 0 Å². The van der Waals surface area contributed by atoms with Gasteiger partial charge in [0.2, 0.25) is 0 Å². The number of nitriles is 2. The molecule has 0 aromatic heterocycles. The molecule has 0 unspecified atom stereocenters. The van der Waals surface area contributed by atoms with E-state index in [1.165, 1.54) is 6.08 Å². The third-order valence-corrected chi connectivity index (χ3v) is 1.66. The van der Waals surface area contributed by atoms with Crippen LogP contribution in [0.15, 0.2) is 42.1 Å². The number of rotatable bonds is 3. The molecule has 0 aliphatic carbocycles. The van der Waals surface area contributed by atoms with Crippen molar-refractivity contribution in [1.82, 2.24) is 5.32 Å². The highest BCUT2D eigenvalue weighted by Gasteiger charge is 1.94. The van der Waals surface area contributed by atoms with Crippen LogP contribution < -0.4 is 5.32 Å². The summed E-state index contributed by atoms with van der Waals surface area (Å²) in [6.07, 6.45) is 1.20. The Kier molecular flexibility index (Phi) is 3.79. The maximum Gasteiger partial charge on any atom is 0.124 e. The molecule has 0 heterocycles. The quantitative estimate of drug-likeness (QED) is 0.725. The van der Waals surface area contributed by atoms with Crippen LogP contribution in [-0.2, 0) is 6.54 Å². The first-order valence-corrected chi connectivity index (χ1v) is 4.14. The highest BCUT2D eigenvalue weighted by molar-refractivity contribution is 5.26. The predicted octanol–water partition coefficient (Wildman–Crippen LogP) is 1.71. The molecule has 1 aromatic carbocycles. The fourth-order valence-corrected chi connectivity index (χ4v) is 0.981. The summed E-state index contributed by atoms with van der Waals surface area (Å²) in [7, 11) is 0. The Morgan fingerprint density at radius 3 is 2.57 bits per heavy atom. The van der Waals surface area contributed by atoms with Gasteiger partial charge in [-0.2, -0.15) is 10.5 Å². The summed E-state index contributed by atoms with van der Waals surface area (Å²) >= 11 is 0. The Balaban J connectivity index is 2.54. The number of allylic oxidation sites excluding steroid dienone is 2. The topological polar surface area (TPSA) is 59.6 Å². The van der Waals surface area contributed by atoms with Crippen molar-refractivity contribution in [2.45, 2.75) is 6.54 Å². The summed E-state index contributed by atoms with van der Waals surface area (Å²) in [6.45, 7) is 0.557. The van der Waals surface area contributed by atoms with E-state index in [-0.39, 0.29) is 5.70 Å². The lowest BCUT2D eigenvalue weighted by atomic mass is 10.2. The standard InChI is InChI=1S/C11H9N3/c12-7-6-11(8-13)14-9-10-4-2-1-3-5-10/h1-6,14H,9H2/b11-6+. The van der Waals surface area contributed by atoms with E-state index >= 15 is 0 Å². The molecule has 0 fully saturated rings. The van der Waals surface area contributed by atoms with Crippen LogP contribution in [0.25, 0.3) is 0 Å². The van der Waals surface area contributed by atoms with Crippen molar-refractivity contribution in [3.8, 4) is 12.1 Å². The minimum atomic E-state index is 0.288. The van der Waals surface area contributed by atoms with E-state index in [9.17, 15) is 0 Å². The highest BCUT2D eigenvalue weighted by Crippen LogP contribution is 1.98. The van der Waals surface area contributed by atoms with E-state index < -0.39 is 0 Å². The molecule has 0 radical (unpaired) electrons. The van der Waals surface area contributed by atoms with Gasteiger partial charge in [0.25, 0.3) is 0 Å². The van der Waals surface area contributed by atoms with Crippen molar-refractivity contribution in [2.24, 2.45) is 0 Å². The Labute approximate surface area is 82.9 Å². The molecular weight excluding hydrogens is 174 g/mol. The van der Waals surface area contributed by atoms with Crippen molar-refractivity contribution in [1.29, 1.82) is 10.5 Å². The second-order valence-corrected chi connectivity index (χ2v) is 2.64. The van der Waals surface area contributed by atoms with Gasteiger partial charge in [0.1, 0.15) is 11.8 Å². The molecule has 1 aromatic rings. The van der Waals surface area contributed by atoms with Crippen LogP contribution in [0.3, 0.4) is 0 Å². The molecular formula is C11H9N3. The molecule has 0 bridgehead atoms. The Morgan fingerprint density at radius 2 is 2.00 bits per heavy atom. The monoisotopic (exact) mass is 183 g/mol. The molecule has 0 aliphatic rings. The van der Waals surface area contributed by atoms with Crippen LogP contribution in [-0.4, -0.2) is 0 Å². The van der Waals surface area contributed by atoms with Gasteiger partial charge in [0.05, 0.1) is 6.07 Å². The fraction of sp³-hybridized carbons (Fsp3) is 0.0909. The Morgan fingerprint density at radius 1 is 1.29 bits per heavy atom. The van der Waals surface area contributed by atoms with E-state index in [4.69, 9.17) is 10.5 Å². The smallest absolute Gasteiger partial charge is 0.124 e. The van der Waals surface area contributed by atoms with Gasteiger partial charge < -0.3 is 5.32 Å². The molecule has 14 heavy (non-hydrogen) atoms. The van der Waals surface area contributed by atoms with Crippen molar-refractivity contribution in [3.05, 3.63) is 47.7 Å².